The lowest BCUT2D eigenvalue weighted by atomic mass is 10.1. The quantitative estimate of drug-likeness (QED) is 0.519. The normalized spacial score (nSPS) is 11.9. The maximum atomic E-state index is 5.64. The van der Waals surface area contributed by atoms with Crippen LogP contribution in [-0.4, -0.2) is 33.1 Å². The number of hydrogen-bond donors (Lipinski definition) is 5. The van der Waals surface area contributed by atoms with Crippen molar-refractivity contribution in [2.45, 2.75) is 13.3 Å². The third kappa shape index (κ3) is 7.65. The second kappa shape index (κ2) is 10.7. The van der Waals surface area contributed by atoms with E-state index >= 15 is 0 Å². The van der Waals surface area contributed by atoms with Crippen molar-refractivity contribution in [3.8, 4) is 0 Å². The van der Waals surface area contributed by atoms with Gasteiger partial charge >= 0.3 is 0 Å². The zero-order valence-corrected chi connectivity index (χ0v) is 15.9. The molecule has 0 fully saturated rings. The molecule has 0 saturated carbocycles. The summed E-state index contributed by atoms with van der Waals surface area (Å²) in [7, 11) is 4.01. The van der Waals surface area contributed by atoms with Gasteiger partial charge in [0.25, 0.3) is 0 Å². The standard InChI is InChI=1S/2C8H12N2.C3H7N3/c1-10(2)8-5-3-7(9)4-6-8;1-2-6-5-7(9)3-4-8(6)10;4-3-5-1-2-6-3/h3-6H,9H2,1-2H3;3-5H,2,9-10H2,1H3;1-2H2,(H3,4,5,6). The van der Waals surface area contributed by atoms with Crippen LogP contribution in [0.3, 0.4) is 0 Å². The maximum absolute atomic E-state index is 5.64. The van der Waals surface area contributed by atoms with Crippen molar-refractivity contribution in [3.05, 3.63) is 48.0 Å². The Kier molecular flexibility index (Phi) is 8.63. The molecule has 0 atom stereocenters. The van der Waals surface area contributed by atoms with Crippen LogP contribution in [0.2, 0.25) is 0 Å². The molecular formula is C19H31N7. The third-order valence-corrected chi connectivity index (χ3v) is 3.66. The summed E-state index contributed by atoms with van der Waals surface area (Å²) in [5, 5.41) is 2.85. The van der Waals surface area contributed by atoms with E-state index in [1.54, 1.807) is 0 Å². The second-order valence-corrected chi connectivity index (χ2v) is 5.99. The van der Waals surface area contributed by atoms with Crippen LogP contribution in [0.5, 0.6) is 0 Å². The zero-order chi connectivity index (χ0) is 19.5. The predicted octanol–water partition coefficient (Wildman–Crippen LogP) is 1.65. The van der Waals surface area contributed by atoms with Gasteiger partial charge in [-0.3, -0.25) is 4.99 Å². The Morgan fingerprint density at radius 3 is 1.96 bits per heavy atom. The minimum absolute atomic E-state index is 0.579. The summed E-state index contributed by atoms with van der Waals surface area (Å²) in [6, 6.07) is 13.4. The number of nitrogens with zero attached hydrogens (tertiary/aromatic N) is 2. The summed E-state index contributed by atoms with van der Waals surface area (Å²) in [5.41, 5.74) is 26.6. The molecule has 0 amide bonds. The molecule has 1 aliphatic heterocycles. The van der Waals surface area contributed by atoms with Crippen LogP contribution >= 0.6 is 0 Å². The predicted molar refractivity (Wildman–Crippen MR) is 114 cm³/mol. The third-order valence-electron chi connectivity index (χ3n) is 3.66. The van der Waals surface area contributed by atoms with Crippen molar-refractivity contribution >= 4 is 28.7 Å². The average molecular weight is 358 g/mol. The average Bonchev–Trinajstić information content (AvgIpc) is 3.09. The number of nitrogens with two attached hydrogens (primary N) is 4. The van der Waals surface area contributed by atoms with E-state index in [1.807, 2.05) is 61.5 Å². The minimum atomic E-state index is 0.579. The molecule has 142 valence electrons. The molecule has 26 heavy (non-hydrogen) atoms. The lowest BCUT2D eigenvalue weighted by Gasteiger charge is -2.11. The Morgan fingerprint density at radius 2 is 1.58 bits per heavy atom. The summed E-state index contributed by atoms with van der Waals surface area (Å²) >= 11 is 0. The molecule has 0 unspecified atom stereocenters. The molecule has 0 spiro atoms. The number of benzene rings is 2. The highest BCUT2D eigenvalue weighted by Crippen LogP contribution is 2.15. The van der Waals surface area contributed by atoms with E-state index in [2.05, 4.69) is 17.2 Å². The fourth-order valence-corrected chi connectivity index (χ4v) is 2.12. The Balaban J connectivity index is 0.000000201. The van der Waals surface area contributed by atoms with Crippen LogP contribution in [0.4, 0.5) is 22.7 Å². The van der Waals surface area contributed by atoms with Gasteiger partial charge in [0, 0.05) is 43.4 Å². The number of guanidine groups is 1. The van der Waals surface area contributed by atoms with Crippen LogP contribution in [0.25, 0.3) is 0 Å². The molecule has 2 aromatic rings. The van der Waals surface area contributed by atoms with E-state index in [0.717, 1.165) is 42.1 Å². The molecule has 2 aromatic carbocycles. The fourth-order valence-electron chi connectivity index (χ4n) is 2.12. The monoisotopic (exact) mass is 357 g/mol. The Morgan fingerprint density at radius 1 is 0.962 bits per heavy atom. The number of nitrogen functional groups attached to an aromatic ring is 3. The molecule has 1 aliphatic rings. The first-order valence-corrected chi connectivity index (χ1v) is 8.54. The first kappa shape index (κ1) is 21.0. The van der Waals surface area contributed by atoms with Gasteiger partial charge in [0.15, 0.2) is 5.96 Å². The van der Waals surface area contributed by atoms with Gasteiger partial charge in [0.05, 0.1) is 6.54 Å². The van der Waals surface area contributed by atoms with Crippen molar-refractivity contribution in [1.82, 2.24) is 5.32 Å². The number of anilines is 4. The van der Waals surface area contributed by atoms with Crippen molar-refractivity contribution < 1.29 is 0 Å². The number of rotatable bonds is 2. The van der Waals surface area contributed by atoms with Crippen molar-refractivity contribution in [1.29, 1.82) is 0 Å². The molecule has 7 heteroatoms. The van der Waals surface area contributed by atoms with E-state index in [0.29, 0.717) is 5.96 Å². The smallest absolute Gasteiger partial charge is 0.188 e. The van der Waals surface area contributed by atoms with E-state index < -0.39 is 0 Å². The summed E-state index contributed by atoms with van der Waals surface area (Å²) in [4.78, 5) is 5.86. The van der Waals surface area contributed by atoms with E-state index in [-0.39, 0.29) is 0 Å². The van der Waals surface area contributed by atoms with Crippen LogP contribution in [0, 0.1) is 0 Å². The first-order valence-electron chi connectivity index (χ1n) is 8.54. The molecule has 9 N–H and O–H groups in total. The molecule has 0 bridgehead atoms. The van der Waals surface area contributed by atoms with Gasteiger partial charge in [-0.05, 0) is 54.4 Å². The fraction of sp³-hybridized carbons (Fsp3) is 0.316. The van der Waals surface area contributed by atoms with Gasteiger partial charge in [-0.1, -0.05) is 6.92 Å². The molecule has 0 saturated heterocycles. The van der Waals surface area contributed by atoms with Gasteiger partial charge in [-0.2, -0.15) is 0 Å². The van der Waals surface area contributed by atoms with E-state index in [4.69, 9.17) is 22.9 Å². The van der Waals surface area contributed by atoms with Crippen molar-refractivity contribution in [2.75, 3.05) is 49.3 Å². The highest BCUT2D eigenvalue weighted by molar-refractivity contribution is 5.79. The molecule has 3 rings (SSSR count). The van der Waals surface area contributed by atoms with Crippen molar-refractivity contribution in [2.24, 2.45) is 10.7 Å². The minimum Gasteiger partial charge on any atom is -0.399 e. The summed E-state index contributed by atoms with van der Waals surface area (Å²) in [6.45, 7) is 3.81. The first-order chi connectivity index (χ1) is 12.3. The van der Waals surface area contributed by atoms with E-state index in [9.17, 15) is 0 Å². The molecule has 0 aromatic heterocycles. The van der Waals surface area contributed by atoms with Crippen LogP contribution in [0.1, 0.15) is 12.5 Å². The Bertz CT molecular complexity index is 694. The van der Waals surface area contributed by atoms with Crippen LogP contribution in [-0.2, 0) is 6.42 Å². The number of aryl methyl sites for hydroxylation is 1. The molecule has 7 nitrogen and oxygen atoms in total. The van der Waals surface area contributed by atoms with E-state index in [1.165, 1.54) is 5.69 Å². The summed E-state index contributed by atoms with van der Waals surface area (Å²) in [5.74, 6) is 0.579. The summed E-state index contributed by atoms with van der Waals surface area (Å²) in [6.07, 6.45) is 0.941. The maximum Gasteiger partial charge on any atom is 0.188 e. The van der Waals surface area contributed by atoms with Gasteiger partial charge < -0.3 is 33.2 Å². The molecular weight excluding hydrogens is 326 g/mol. The Labute approximate surface area is 156 Å². The number of hydrogen-bond acceptors (Lipinski definition) is 7. The van der Waals surface area contributed by atoms with Crippen molar-refractivity contribution in [3.63, 3.8) is 0 Å². The largest absolute Gasteiger partial charge is 0.399 e. The number of aliphatic imine (C=N–C) groups is 1. The molecule has 1 heterocycles. The Hall–Kier alpha value is -3.09. The summed E-state index contributed by atoms with van der Waals surface area (Å²) < 4.78 is 0. The van der Waals surface area contributed by atoms with Gasteiger partial charge in [0.2, 0.25) is 0 Å². The lowest BCUT2D eigenvalue weighted by Crippen LogP contribution is -2.26. The van der Waals surface area contributed by atoms with Crippen LogP contribution < -0.4 is 33.2 Å². The van der Waals surface area contributed by atoms with Gasteiger partial charge in [0.1, 0.15) is 0 Å². The highest BCUT2D eigenvalue weighted by atomic mass is 15.1. The zero-order valence-electron chi connectivity index (χ0n) is 15.9. The molecule has 0 radical (unpaired) electrons. The topological polar surface area (TPSA) is 132 Å². The second-order valence-electron chi connectivity index (χ2n) is 5.99. The van der Waals surface area contributed by atoms with Crippen LogP contribution in [0.15, 0.2) is 47.5 Å². The SMILES string of the molecule is CCc1cc(N)ccc1N.CN(C)c1ccc(N)cc1.NC1=NCCN1. The van der Waals surface area contributed by atoms with Gasteiger partial charge in [-0.25, -0.2) is 0 Å². The highest BCUT2D eigenvalue weighted by Gasteiger charge is 1.95. The molecule has 0 aliphatic carbocycles. The lowest BCUT2D eigenvalue weighted by molar-refractivity contribution is 0.957. The van der Waals surface area contributed by atoms with Gasteiger partial charge in [-0.15, -0.1) is 0 Å². The number of nitrogens with one attached hydrogen (secondary N) is 1.